The zero-order chi connectivity index (χ0) is 13.4. The maximum Gasteiger partial charge on any atom is 0.0218 e. The quantitative estimate of drug-likeness (QED) is 0.700. The lowest BCUT2D eigenvalue weighted by Gasteiger charge is -2.30. The van der Waals surface area contributed by atoms with Gasteiger partial charge in [0.25, 0.3) is 0 Å². The lowest BCUT2D eigenvalue weighted by molar-refractivity contribution is 0.186. The summed E-state index contributed by atoms with van der Waals surface area (Å²) in [7, 11) is 0. The Labute approximate surface area is 114 Å². The van der Waals surface area contributed by atoms with Gasteiger partial charge in [0.2, 0.25) is 0 Å². The average Bonchev–Trinajstić information content (AvgIpc) is 2.51. The summed E-state index contributed by atoms with van der Waals surface area (Å²) in [6, 6.07) is 0.635. The van der Waals surface area contributed by atoms with Crippen molar-refractivity contribution in [3.05, 3.63) is 0 Å². The predicted octanol–water partition coefficient (Wildman–Crippen LogP) is 3.80. The number of likely N-dealkylation sites (tertiary alicyclic amines) is 1. The van der Waals surface area contributed by atoms with E-state index in [1.807, 2.05) is 0 Å². The van der Waals surface area contributed by atoms with Gasteiger partial charge in [0.15, 0.2) is 0 Å². The summed E-state index contributed by atoms with van der Waals surface area (Å²) in [5.41, 5.74) is 6.53. The fourth-order valence-corrected chi connectivity index (χ4v) is 3.07. The third-order valence-electron chi connectivity index (χ3n) is 4.55. The molecule has 2 nitrogen and oxygen atoms in total. The summed E-state index contributed by atoms with van der Waals surface area (Å²) in [5.74, 6) is 0. The van der Waals surface area contributed by atoms with Crippen molar-refractivity contribution in [3.8, 4) is 0 Å². The highest BCUT2D eigenvalue weighted by molar-refractivity contribution is 4.80. The minimum atomic E-state index is 0.538. The van der Waals surface area contributed by atoms with Gasteiger partial charge in [-0.05, 0) is 44.2 Å². The molecule has 0 amide bonds. The van der Waals surface area contributed by atoms with Gasteiger partial charge in [-0.25, -0.2) is 0 Å². The molecule has 0 radical (unpaired) electrons. The van der Waals surface area contributed by atoms with Gasteiger partial charge in [-0.2, -0.15) is 0 Å². The molecular formula is C16H34N2. The summed E-state index contributed by atoms with van der Waals surface area (Å²) in [6.07, 6.45) is 10.8. The molecule has 1 heterocycles. The molecule has 1 atom stereocenters. The van der Waals surface area contributed by atoms with E-state index < -0.39 is 0 Å². The second-order valence-corrected chi connectivity index (χ2v) is 6.79. The number of nitrogens with two attached hydrogens (primary N) is 1. The highest BCUT2D eigenvalue weighted by atomic mass is 15.2. The Morgan fingerprint density at radius 1 is 1.11 bits per heavy atom. The summed E-state index contributed by atoms with van der Waals surface area (Å²) in [5, 5.41) is 0. The first kappa shape index (κ1) is 16.0. The summed E-state index contributed by atoms with van der Waals surface area (Å²) in [4.78, 5) is 2.67. The first-order chi connectivity index (χ1) is 8.59. The molecule has 0 aromatic rings. The third kappa shape index (κ3) is 5.71. The Balaban J connectivity index is 2.34. The van der Waals surface area contributed by atoms with E-state index in [2.05, 4.69) is 25.7 Å². The third-order valence-corrected chi connectivity index (χ3v) is 4.55. The number of unbranched alkanes of at least 4 members (excludes halogenated alkanes) is 3. The van der Waals surface area contributed by atoms with E-state index in [-0.39, 0.29) is 0 Å². The van der Waals surface area contributed by atoms with E-state index in [1.165, 1.54) is 64.5 Å². The summed E-state index contributed by atoms with van der Waals surface area (Å²) in [6.45, 7) is 10.5. The predicted molar refractivity (Wildman–Crippen MR) is 80.8 cm³/mol. The van der Waals surface area contributed by atoms with Crippen LogP contribution < -0.4 is 5.73 Å². The molecule has 0 aromatic heterocycles. The van der Waals surface area contributed by atoms with Crippen molar-refractivity contribution in [1.29, 1.82) is 0 Å². The first-order valence-corrected chi connectivity index (χ1v) is 8.03. The molecule has 0 bridgehead atoms. The van der Waals surface area contributed by atoms with Gasteiger partial charge in [0.05, 0.1) is 0 Å². The molecular weight excluding hydrogens is 220 g/mol. The number of nitrogens with zero attached hydrogens (tertiary/aromatic N) is 1. The van der Waals surface area contributed by atoms with Gasteiger partial charge >= 0.3 is 0 Å². The summed E-state index contributed by atoms with van der Waals surface area (Å²) < 4.78 is 0. The van der Waals surface area contributed by atoms with E-state index in [0.717, 1.165) is 6.54 Å². The van der Waals surface area contributed by atoms with Gasteiger partial charge in [-0.3, -0.25) is 4.90 Å². The molecule has 0 spiro atoms. The van der Waals surface area contributed by atoms with Crippen molar-refractivity contribution in [3.63, 3.8) is 0 Å². The van der Waals surface area contributed by atoms with Crippen molar-refractivity contribution >= 4 is 0 Å². The van der Waals surface area contributed by atoms with Crippen molar-refractivity contribution in [2.45, 2.75) is 78.2 Å². The van der Waals surface area contributed by atoms with Crippen molar-refractivity contribution < 1.29 is 0 Å². The van der Waals surface area contributed by atoms with Crippen molar-refractivity contribution in [1.82, 2.24) is 4.90 Å². The molecule has 1 fully saturated rings. The van der Waals surface area contributed by atoms with Gasteiger partial charge in [0, 0.05) is 12.6 Å². The smallest absolute Gasteiger partial charge is 0.0218 e. The number of hydrogen-bond acceptors (Lipinski definition) is 2. The first-order valence-electron chi connectivity index (χ1n) is 8.03. The minimum Gasteiger partial charge on any atom is -0.329 e. The highest BCUT2D eigenvalue weighted by Crippen LogP contribution is 2.30. The number of hydrogen-bond donors (Lipinski definition) is 1. The van der Waals surface area contributed by atoms with Crippen LogP contribution in [0.25, 0.3) is 0 Å². The minimum absolute atomic E-state index is 0.538. The molecule has 18 heavy (non-hydrogen) atoms. The lowest BCUT2D eigenvalue weighted by atomic mass is 9.85. The van der Waals surface area contributed by atoms with Crippen LogP contribution in [-0.2, 0) is 0 Å². The van der Waals surface area contributed by atoms with Crippen molar-refractivity contribution in [2.75, 3.05) is 19.6 Å². The van der Waals surface area contributed by atoms with Crippen LogP contribution in [0.3, 0.4) is 0 Å². The van der Waals surface area contributed by atoms with Crippen LogP contribution in [0.4, 0.5) is 0 Å². The van der Waals surface area contributed by atoms with E-state index >= 15 is 0 Å². The second-order valence-electron chi connectivity index (χ2n) is 6.79. The molecule has 0 saturated carbocycles. The Hall–Kier alpha value is -0.0800. The molecule has 2 N–H and O–H groups in total. The molecule has 108 valence electrons. The topological polar surface area (TPSA) is 29.3 Å². The fraction of sp³-hybridized carbons (Fsp3) is 1.00. The maximum atomic E-state index is 6.00. The normalized spacial score (nSPS) is 22.7. The Bertz CT molecular complexity index is 213. The maximum absolute atomic E-state index is 6.00. The standard InChI is InChI=1S/C16H34N2/c1-4-5-6-7-9-15(14-17)18-12-8-10-16(2,3)11-13-18/h15H,4-14,17H2,1-3H3. The molecule has 1 unspecified atom stereocenters. The monoisotopic (exact) mass is 254 g/mol. The summed E-state index contributed by atoms with van der Waals surface area (Å²) >= 11 is 0. The van der Waals surface area contributed by atoms with Crippen LogP contribution in [0.5, 0.6) is 0 Å². The van der Waals surface area contributed by atoms with E-state index in [0.29, 0.717) is 11.5 Å². The zero-order valence-electron chi connectivity index (χ0n) is 12.9. The van der Waals surface area contributed by atoms with E-state index in [4.69, 9.17) is 5.73 Å². The van der Waals surface area contributed by atoms with Crippen LogP contribution in [0, 0.1) is 5.41 Å². The Kier molecular flexibility index (Phi) is 7.25. The second kappa shape index (κ2) is 8.16. The molecule has 1 aliphatic heterocycles. The van der Waals surface area contributed by atoms with Crippen LogP contribution in [0.1, 0.15) is 72.1 Å². The highest BCUT2D eigenvalue weighted by Gasteiger charge is 2.26. The largest absolute Gasteiger partial charge is 0.329 e. The van der Waals surface area contributed by atoms with Crippen LogP contribution in [0.15, 0.2) is 0 Å². The van der Waals surface area contributed by atoms with Gasteiger partial charge in [0.1, 0.15) is 0 Å². The van der Waals surface area contributed by atoms with E-state index in [1.54, 1.807) is 0 Å². The molecule has 0 aliphatic carbocycles. The Morgan fingerprint density at radius 3 is 2.56 bits per heavy atom. The molecule has 1 aliphatic rings. The Morgan fingerprint density at radius 2 is 1.89 bits per heavy atom. The molecule has 0 aromatic carbocycles. The molecule has 1 saturated heterocycles. The lowest BCUT2D eigenvalue weighted by Crippen LogP contribution is -2.41. The zero-order valence-corrected chi connectivity index (χ0v) is 12.9. The SMILES string of the molecule is CCCCCCC(CN)N1CCCC(C)(C)CC1. The molecule has 2 heteroatoms. The van der Waals surface area contributed by atoms with Gasteiger partial charge < -0.3 is 5.73 Å². The fourth-order valence-electron chi connectivity index (χ4n) is 3.07. The van der Waals surface area contributed by atoms with E-state index in [9.17, 15) is 0 Å². The molecule has 1 rings (SSSR count). The van der Waals surface area contributed by atoms with Crippen LogP contribution in [0.2, 0.25) is 0 Å². The van der Waals surface area contributed by atoms with Gasteiger partial charge in [-0.15, -0.1) is 0 Å². The van der Waals surface area contributed by atoms with Crippen molar-refractivity contribution in [2.24, 2.45) is 11.1 Å². The number of rotatable bonds is 7. The van der Waals surface area contributed by atoms with Crippen LogP contribution >= 0.6 is 0 Å². The van der Waals surface area contributed by atoms with Crippen LogP contribution in [-0.4, -0.2) is 30.6 Å². The average molecular weight is 254 g/mol. The van der Waals surface area contributed by atoms with Gasteiger partial charge in [-0.1, -0.05) is 46.5 Å².